The van der Waals surface area contributed by atoms with E-state index in [4.69, 9.17) is 9.84 Å². The van der Waals surface area contributed by atoms with Crippen molar-refractivity contribution in [2.45, 2.75) is 25.8 Å². The number of carboxylic acid groups (broad SMARTS) is 1. The second kappa shape index (κ2) is 7.49. The lowest BCUT2D eigenvalue weighted by Crippen LogP contribution is -2.40. The smallest absolute Gasteiger partial charge is 0.326 e. The van der Waals surface area contributed by atoms with E-state index in [-0.39, 0.29) is 17.7 Å². The molecule has 6 nitrogen and oxygen atoms in total. The van der Waals surface area contributed by atoms with Crippen LogP contribution >= 0.6 is 0 Å². The highest BCUT2D eigenvalue weighted by molar-refractivity contribution is 5.97. The van der Waals surface area contributed by atoms with Crippen molar-refractivity contribution in [1.82, 2.24) is 5.32 Å². The number of rotatable bonds is 7. The molecular formula is C14H19NO5. The minimum absolute atomic E-state index is 0.00362. The molecule has 0 saturated heterocycles. The number of carboxylic acids is 1. The van der Waals surface area contributed by atoms with Gasteiger partial charge < -0.3 is 20.3 Å². The lowest BCUT2D eigenvalue weighted by molar-refractivity contribution is -0.139. The van der Waals surface area contributed by atoms with E-state index in [1.54, 1.807) is 19.1 Å². The number of aryl methyl sites for hydroxylation is 1. The van der Waals surface area contributed by atoms with Crippen molar-refractivity contribution in [3.05, 3.63) is 29.3 Å². The third-order valence-electron chi connectivity index (χ3n) is 2.92. The molecule has 0 aliphatic rings. The molecule has 0 aliphatic heterocycles. The van der Waals surface area contributed by atoms with Crippen LogP contribution < -0.4 is 5.32 Å². The maximum atomic E-state index is 11.9. The summed E-state index contributed by atoms with van der Waals surface area (Å²) in [4.78, 5) is 23.0. The van der Waals surface area contributed by atoms with E-state index in [0.29, 0.717) is 18.6 Å². The maximum absolute atomic E-state index is 11.9. The van der Waals surface area contributed by atoms with Crippen LogP contribution in [0.2, 0.25) is 0 Å². The van der Waals surface area contributed by atoms with Gasteiger partial charge in [-0.1, -0.05) is 6.07 Å². The van der Waals surface area contributed by atoms with E-state index in [1.807, 2.05) is 0 Å². The molecule has 3 N–H and O–H groups in total. The minimum atomic E-state index is -1.09. The number of carbonyl (C=O) groups excluding carboxylic acids is 1. The van der Waals surface area contributed by atoms with Gasteiger partial charge in [0.15, 0.2) is 0 Å². The zero-order chi connectivity index (χ0) is 15.1. The summed E-state index contributed by atoms with van der Waals surface area (Å²) in [6.07, 6.45) is 0.819. The van der Waals surface area contributed by atoms with E-state index < -0.39 is 17.9 Å². The number of aliphatic carboxylic acids is 1. The summed E-state index contributed by atoms with van der Waals surface area (Å²) < 4.78 is 4.85. The molecule has 0 heterocycles. The average molecular weight is 281 g/mol. The first-order valence-corrected chi connectivity index (χ1v) is 6.28. The summed E-state index contributed by atoms with van der Waals surface area (Å²) in [5, 5.41) is 21.0. The van der Waals surface area contributed by atoms with Crippen LogP contribution in [0.1, 0.15) is 28.8 Å². The molecule has 1 amide bonds. The van der Waals surface area contributed by atoms with Gasteiger partial charge >= 0.3 is 5.97 Å². The van der Waals surface area contributed by atoms with Gasteiger partial charge in [0.2, 0.25) is 0 Å². The molecule has 1 aromatic rings. The predicted molar refractivity (Wildman–Crippen MR) is 72.8 cm³/mol. The first-order valence-electron chi connectivity index (χ1n) is 6.28. The van der Waals surface area contributed by atoms with Crippen LogP contribution in [0.25, 0.3) is 0 Å². The second-order valence-corrected chi connectivity index (χ2v) is 4.50. The topological polar surface area (TPSA) is 95.9 Å². The molecule has 20 heavy (non-hydrogen) atoms. The molecular weight excluding hydrogens is 262 g/mol. The molecule has 0 bridgehead atoms. The summed E-state index contributed by atoms with van der Waals surface area (Å²) in [6.45, 7) is 2.15. The number of ether oxygens (including phenoxy) is 1. The first-order chi connectivity index (χ1) is 9.45. The van der Waals surface area contributed by atoms with Crippen molar-refractivity contribution in [3.63, 3.8) is 0 Å². The Kier molecular flexibility index (Phi) is 5.99. The monoisotopic (exact) mass is 281 g/mol. The van der Waals surface area contributed by atoms with E-state index in [2.05, 4.69) is 5.32 Å². The summed E-state index contributed by atoms with van der Waals surface area (Å²) in [5.74, 6) is -1.61. The number of aromatic hydroxyl groups is 1. The summed E-state index contributed by atoms with van der Waals surface area (Å²) in [6, 6.07) is 3.49. The Bertz CT molecular complexity index is 486. The number of carbonyl (C=O) groups is 2. The number of hydrogen-bond acceptors (Lipinski definition) is 4. The van der Waals surface area contributed by atoms with Crippen molar-refractivity contribution in [3.8, 4) is 5.75 Å². The zero-order valence-electron chi connectivity index (χ0n) is 11.5. The minimum Gasteiger partial charge on any atom is -0.508 e. The zero-order valence-corrected chi connectivity index (χ0v) is 11.5. The summed E-state index contributed by atoms with van der Waals surface area (Å²) in [5.41, 5.74) is 0.877. The SMILES string of the molecule is COCCCC(NC(=O)c1ccc(C)c(O)c1)C(=O)O. The number of hydrogen-bond donors (Lipinski definition) is 3. The third-order valence-corrected chi connectivity index (χ3v) is 2.92. The molecule has 0 spiro atoms. The van der Waals surface area contributed by atoms with Gasteiger partial charge in [-0.3, -0.25) is 4.79 Å². The molecule has 0 aromatic heterocycles. The number of phenolic OH excluding ortho intramolecular Hbond substituents is 1. The van der Waals surface area contributed by atoms with Gasteiger partial charge in [0, 0.05) is 19.3 Å². The van der Waals surface area contributed by atoms with E-state index in [1.165, 1.54) is 13.2 Å². The largest absolute Gasteiger partial charge is 0.508 e. The fourth-order valence-electron chi connectivity index (χ4n) is 1.68. The second-order valence-electron chi connectivity index (χ2n) is 4.50. The fourth-order valence-corrected chi connectivity index (χ4v) is 1.68. The highest BCUT2D eigenvalue weighted by Crippen LogP contribution is 2.17. The number of nitrogens with one attached hydrogen (secondary N) is 1. The van der Waals surface area contributed by atoms with Crippen LogP contribution in [0.5, 0.6) is 5.75 Å². The van der Waals surface area contributed by atoms with Crippen LogP contribution in [0, 0.1) is 6.92 Å². The Balaban J connectivity index is 2.69. The van der Waals surface area contributed by atoms with Gasteiger partial charge in [0.05, 0.1) is 0 Å². The number of benzene rings is 1. The van der Waals surface area contributed by atoms with Gasteiger partial charge in [-0.25, -0.2) is 4.79 Å². The lowest BCUT2D eigenvalue weighted by atomic mass is 10.1. The van der Waals surface area contributed by atoms with E-state index in [9.17, 15) is 14.7 Å². The van der Waals surface area contributed by atoms with Crippen molar-refractivity contribution in [1.29, 1.82) is 0 Å². The van der Waals surface area contributed by atoms with Crippen LogP contribution in [0.4, 0.5) is 0 Å². The lowest BCUT2D eigenvalue weighted by Gasteiger charge is -2.14. The molecule has 0 aliphatic carbocycles. The molecule has 1 unspecified atom stereocenters. The van der Waals surface area contributed by atoms with Gasteiger partial charge in [0.25, 0.3) is 5.91 Å². The standard InChI is InChI=1S/C14H19NO5/c1-9-5-6-10(8-12(9)16)13(17)15-11(14(18)19)4-3-7-20-2/h5-6,8,11,16H,3-4,7H2,1-2H3,(H,15,17)(H,18,19). The first kappa shape index (κ1) is 16.0. The normalized spacial score (nSPS) is 11.9. The van der Waals surface area contributed by atoms with Crippen molar-refractivity contribution < 1.29 is 24.5 Å². The maximum Gasteiger partial charge on any atom is 0.326 e. The molecule has 1 rings (SSSR count). The van der Waals surface area contributed by atoms with Crippen LogP contribution in [0.3, 0.4) is 0 Å². The Morgan fingerprint density at radius 1 is 1.40 bits per heavy atom. The Labute approximate surface area is 117 Å². The van der Waals surface area contributed by atoms with E-state index >= 15 is 0 Å². The summed E-state index contributed by atoms with van der Waals surface area (Å²) >= 11 is 0. The Morgan fingerprint density at radius 3 is 2.65 bits per heavy atom. The van der Waals surface area contributed by atoms with Crippen LogP contribution in [-0.4, -0.2) is 41.8 Å². The van der Waals surface area contributed by atoms with Gasteiger partial charge in [-0.2, -0.15) is 0 Å². The van der Waals surface area contributed by atoms with Crippen LogP contribution in [0.15, 0.2) is 18.2 Å². The van der Waals surface area contributed by atoms with Gasteiger partial charge in [0.1, 0.15) is 11.8 Å². The number of amides is 1. The van der Waals surface area contributed by atoms with Gasteiger partial charge in [-0.15, -0.1) is 0 Å². The molecule has 0 fully saturated rings. The third kappa shape index (κ3) is 4.55. The van der Waals surface area contributed by atoms with Crippen molar-refractivity contribution >= 4 is 11.9 Å². The van der Waals surface area contributed by atoms with Crippen molar-refractivity contribution in [2.24, 2.45) is 0 Å². The fraction of sp³-hybridized carbons (Fsp3) is 0.429. The molecule has 0 radical (unpaired) electrons. The molecule has 110 valence electrons. The van der Waals surface area contributed by atoms with Gasteiger partial charge in [-0.05, 0) is 37.5 Å². The van der Waals surface area contributed by atoms with Crippen LogP contribution in [-0.2, 0) is 9.53 Å². The Hall–Kier alpha value is -2.08. The average Bonchev–Trinajstić information content (AvgIpc) is 2.40. The highest BCUT2D eigenvalue weighted by atomic mass is 16.5. The molecule has 6 heteroatoms. The molecule has 1 aromatic carbocycles. The highest BCUT2D eigenvalue weighted by Gasteiger charge is 2.20. The number of methoxy groups -OCH3 is 1. The summed E-state index contributed by atoms with van der Waals surface area (Å²) in [7, 11) is 1.53. The Morgan fingerprint density at radius 2 is 2.10 bits per heavy atom. The quantitative estimate of drug-likeness (QED) is 0.655. The number of phenols is 1. The molecule has 1 atom stereocenters. The van der Waals surface area contributed by atoms with E-state index in [0.717, 1.165) is 0 Å². The molecule has 0 saturated carbocycles. The van der Waals surface area contributed by atoms with Crippen molar-refractivity contribution in [2.75, 3.05) is 13.7 Å². The predicted octanol–water partition coefficient (Wildman–Crippen LogP) is 1.31.